The zero-order chi connectivity index (χ0) is 18.8. The molecule has 0 spiro atoms. The molecule has 1 fully saturated rings. The van der Waals surface area contributed by atoms with E-state index in [0.717, 1.165) is 31.1 Å². The first kappa shape index (κ1) is 20.2. The Morgan fingerprint density at radius 1 is 1.27 bits per heavy atom. The van der Waals surface area contributed by atoms with Crippen molar-refractivity contribution in [2.75, 3.05) is 33.9 Å². The lowest BCUT2D eigenvalue weighted by molar-refractivity contribution is 0.0732. The van der Waals surface area contributed by atoms with Gasteiger partial charge in [0.05, 0.1) is 0 Å². The molecular weight excluding hydrogens is 328 g/mol. The fourth-order valence-corrected chi connectivity index (χ4v) is 3.27. The van der Waals surface area contributed by atoms with E-state index in [1.807, 2.05) is 31.2 Å². The number of nitrogens with zero attached hydrogens (tertiary/aromatic N) is 1. The van der Waals surface area contributed by atoms with Gasteiger partial charge in [-0.25, -0.2) is 0 Å². The second-order valence-corrected chi connectivity index (χ2v) is 6.94. The Hall–Kier alpha value is -2.08. The number of carbonyl (C=O) groups is 1. The van der Waals surface area contributed by atoms with Crippen LogP contribution in [0.25, 0.3) is 0 Å². The van der Waals surface area contributed by atoms with Crippen molar-refractivity contribution in [3.05, 3.63) is 35.4 Å². The molecule has 0 atom stereocenters. The zero-order valence-corrected chi connectivity index (χ0v) is 16.2. The summed E-state index contributed by atoms with van der Waals surface area (Å²) in [6, 6.07) is 7.66. The highest BCUT2D eigenvalue weighted by Gasteiger charge is 2.36. The van der Waals surface area contributed by atoms with Crippen molar-refractivity contribution in [3.8, 4) is 0 Å². The highest BCUT2D eigenvalue weighted by molar-refractivity contribution is 5.94. The van der Waals surface area contributed by atoms with Crippen LogP contribution in [0.4, 0.5) is 0 Å². The number of rotatable bonds is 9. The molecule has 6 heteroatoms. The lowest BCUT2D eigenvalue weighted by atomic mass is 9.67. The number of carbonyl (C=O) groups excluding carboxylic acids is 1. The molecule has 1 aromatic rings. The van der Waals surface area contributed by atoms with E-state index >= 15 is 0 Å². The number of methoxy groups -OCH3 is 1. The first-order chi connectivity index (χ1) is 12.6. The maximum Gasteiger partial charge on any atom is 0.251 e. The Morgan fingerprint density at radius 2 is 2.08 bits per heavy atom. The van der Waals surface area contributed by atoms with Gasteiger partial charge in [0.15, 0.2) is 5.96 Å². The summed E-state index contributed by atoms with van der Waals surface area (Å²) in [7, 11) is 3.54. The summed E-state index contributed by atoms with van der Waals surface area (Å²) in [6.07, 6.45) is 4.87. The Labute approximate surface area is 156 Å². The quantitative estimate of drug-likeness (QED) is 0.467. The van der Waals surface area contributed by atoms with Crippen molar-refractivity contribution in [2.45, 2.75) is 39.2 Å². The summed E-state index contributed by atoms with van der Waals surface area (Å²) in [4.78, 5) is 16.3. The molecule has 0 bridgehead atoms. The molecule has 26 heavy (non-hydrogen) atoms. The van der Waals surface area contributed by atoms with Crippen LogP contribution < -0.4 is 16.0 Å². The van der Waals surface area contributed by atoms with Crippen molar-refractivity contribution in [1.29, 1.82) is 0 Å². The predicted octanol–water partition coefficient (Wildman–Crippen LogP) is 2.31. The standard InChI is InChI=1S/C20H32N4O2/c1-4-22-18(25)17-8-5-7-16(13-17)14-23-19(21-2)24-15-20(9-6-10-20)11-12-26-3/h5,7-8,13H,4,6,9-12,14-15H2,1-3H3,(H,22,25)(H2,21,23,24). The first-order valence-corrected chi connectivity index (χ1v) is 9.43. The van der Waals surface area contributed by atoms with Crippen molar-refractivity contribution in [2.24, 2.45) is 10.4 Å². The van der Waals surface area contributed by atoms with E-state index in [2.05, 4.69) is 20.9 Å². The lowest BCUT2D eigenvalue weighted by Gasteiger charge is -2.42. The molecule has 1 saturated carbocycles. The van der Waals surface area contributed by atoms with E-state index in [1.165, 1.54) is 19.3 Å². The summed E-state index contributed by atoms with van der Waals surface area (Å²) >= 11 is 0. The normalized spacial score (nSPS) is 15.9. The van der Waals surface area contributed by atoms with Crippen LogP contribution in [0.15, 0.2) is 29.3 Å². The van der Waals surface area contributed by atoms with Gasteiger partial charge >= 0.3 is 0 Å². The molecule has 2 rings (SSSR count). The number of nitrogens with one attached hydrogen (secondary N) is 3. The monoisotopic (exact) mass is 360 g/mol. The number of aliphatic imine (C=N–C) groups is 1. The van der Waals surface area contributed by atoms with Gasteiger partial charge in [-0.15, -0.1) is 0 Å². The van der Waals surface area contributed by atoms with E-state index < -0.39 is 0 Å². The minimum atomic E-state index is -0.0399. The summed E-state index contributed by atoms with van der Waals surface area (Å²) in [5.41, 5.74) is 2.07. The number of ether oxygens (including phenoxy) is 1. The highest BCUT2D eigenvalue weighted by atomic mass is 16.5. The minimum absolute atomic E-state index is 0.0399. The van der Waals surface area contributed by atoms with Crippen molar-refractivity contribution >= 4 is 11.9 Å². The largest absolute Gasteiger partial charge is 0.385 e. The van der Waals surface area contributed by atoms with E-state index in [4.69, 9.17) is 4.74 Å². The topological polar surface area (TPSA) is 74.8 Å². The van der Waals surface area contributed by atoms with Crippen LogP contribution in [0, 0.1) is 5.41 Å². The van der Waals surface area contributed by atoms with Gasteiger partial charge in [0, 0.05) is 46.0 Å². The molecule has 1 amide bonds. The fourth-order valence-electron chi connectivity index (χ4n) is 3.27. The van der Waals surface area contributed by atoms with Crippen molar-refractivity contribution < 1.29 is 9.53 Å². The van der Waals surface area contributed by atoms with Crippen LogP contribution >= 0.6 is 0 Å². The van der Waals surface area contributed by atoms with E-state index in [0.29, 0.717) is 24.1 Å². The van der Waals surface area contributed by atoms with Crippen LogP contribution in [0.3, 0.4) is 0 Å². The predicted molar refractivity (Wildman–Crippen MR) is 105 cm³/mol. The lowest BCUT2D eigenvalue weighted by Crippen LogP contribution is -2.46. The third-order valence-electron chi connectivity index (χ3n) is 5.09. The highest BCUT2D eigenvalue weighted by Crippen LogP contribution is 2.43. The summed E-state index contributed by atoms with van der Waals surface area (Å²) in [5.74, 6) is 0.749. The second kappa shape index (κ2) is 10.2. The molecular formula is C20H32N4O2. The minimum Gasteiger partial charge on any atom is -0.385 e. The first-order valence-electron chi connectivity index (χ1n) is 9.43. The van der Waals surface area contributed by atoms with Gasteiger partial charge in [-0.1, -0.05) is 18.6 Å². The van der Waals surface area contributed by atoms with E-state index in [1.54, 1.807) is 14.2 Å². The third kappa shape index (κ3) is 5.73. The van der Waals surface area contributed by atoms with Crippen molar-refractivity contribution in [3.63, 3.8) is 0 Å². The third-order valence-corrected chi connectivity index (χ3v) is 5.09. The van der Waals surface area contributed by atoms with Crippen LogP contribution in [0.2, 0.25) is 0 Å². The molecule has 0 heterocycles. The summed E-state index contributed by atoms with van der Waals surface area (Å²) in [6.45, 7) is 4.89. The Balaban J connectivity index is 1.85. The molecule has 0 radical (unpaired) electrons. The summed E-state index contributed by atoms with van der Waals surface area (Å²) in [5, 5.41) is 9.62. The zero-order valence-electron chi connectivity index (χ0n) is 16.2. The average Bonchev–Trinajstić information content (AvgIpc) is 2.63. The van der Waals surface area contributed by atoms with Gasteiger partial charge < -0.3 is 20.7 Å². The molecule has 1 aliphatic rings. The number of benzene rings is 1. The molecule has 1 aromatic carbocycles. The average molecular weight is 361 g/mol. The number of guanidine groups is 1. The number of amides is 1. The van der Waals surface area contributed by atoms with Gasteiger partial charge in [0.2, 0.25) is 0 Å². The van der Waals surface area contributed by atoms with E-state index in [-0.39, 0.29) is 5.91 Å². The molecule has 0 aliphatic heterocycles. The van der Waals surface area contributed by atoms with Crippen LogP contribution in [-0.4, -0.2) is 45.7 Å². The molecule has 144 valence electrons. The fraction of sp³-hybridized carbons (Fsp3) is 0.600. The van der Waals surface area contributed by atoms with Crippen molar-refractivity contribution in [1.82, 2.24) is 16.0 Å². The van der Waals surface area contributed by atoms with Crippen LogP contribution in [0.1, 0.15) is 48.5 Å². The van der Waals surface area contributed by atoms with Gasteiger partial charge in [0.25, 0.3) is 5.91 Å². The second-order valence-electron chi connectivity index (χ2n) is 6.94. The Bertz CT molecular complexity index is 612. The van der Waals surface area contributed by atoms with Crippen LogP contribution in [-0.2, 0) is 11.3 Å². The maximum atomic E-state index is 12.0. The molecule has 3 N–H and O–H groups in total. The Morgan fingerprint density at radius 3 is 2.69 bits per heavy atom. The van der Waals surface area contributed by atoms with Gasteiger partial charge in [0.1, 0.15) is 0 Å². The molecule has 6 nitrogen and oxygen atoms in total. The van der Waals surface area contributed by atoms with Crippen LogP contribution in [0.5, 0.6) is 0 Å². The van der Waals surface area contributed by atoms with Gasteiger partial charge in [-0.3, -0.25) is 9.79 Å². The molecule has 1 aliphatic carbocycles. The molecule has 0 unspecified atom stereocenters. The van der Waals surface area contributed by atoms with Gasteiger partial charge in [-0.05, 0) is 49.3 Å². The molecule has 0 saturated heterocycles. The Kier molecular flexibility index (Phi) is 7.91. The maximum absolute atomic E-state index is 12.0. The number of hydrogen-bond donors (Lipinski definition) is 3. The number of hydrogen-bond acceptors (Lipinski definition) is 3. The van der Waals surface area contributed by atoms with E-state index in [9.17, 15) is 4.79 Å². The molecule has 0 aromatic heterocycles. The summed E-state index contributed by atoms with van der Waals surface area (Å²) < 4.78 is 5.25. The smallest absolute Gasteiger partial charge is 0.251 e. The van der Waals surface area contributed by atoms with Gasteiger partial charge in [-0.2, -0.15) is 0 Å². The SMILES string of the molecule is CCNC(=O)c1cccc(CNC(=NC)NCC2(CCOC)CCC2)c1.